The van der Waals surface area contributed by atoms with Crippen LogP contribution in [0.2, 0.25) is 0 Å². The van der Waals surface area contributed by atoms with Gasteiger partial charge in [0.15, 0.2) is 0 Å². The molecular formula is C18H36N2S. The minimum absolute atomic E-state index is 0.786. The Morgan fingerprint density at radius 2 is 2.00 bits per heavy atom. The molecule has 21 heavy (non-hydrogen) atoms. The second kappa shape index (κ2) is 10.1. The van der Waals surface area contributed by atoms with Crippen LogP contribution in [-0.4, -0.2) is 48.6 Å². The van der Waals surface area contributed by atoms with Crippen LogP contribution in [0.25, 0.3) is 0 Å². The Bertz CT molecular complexity index is 264. The van der Waals surface area contributed by atoms with Crippen molar-refractivity contribution in [3.8, 4) is 0 Å². The van der Waals surface area contributed by atoms with E-state index in [1.165, 1.54) is 82.6 Å². The lowest BCUT2D eigenvalue weighted by molar-refractivity contribution is 0.140. The highest BCUT2D eigenvalue weighted by Gasteiger charge is 2.31. The van der Waals surface area contributed by atoms with Crippen molar-refractivity contribution in [2.45, 2.75) is 64.8 Å². The van der Waals surface area contributed by atoms with Gasteiger partial charge >= 0.3 is 0 Å². The molecule has 0 aromatic heterocycles. The van der Waals surface area contributed by atoms with Crippen molar-refractivity contribution in [2.24, 2.45) is 11.8 Å². The first kappa shape index (κ1) is 17.6. The molecule has 0 bridgehead atoms. The van der Waals surface area contributed by atoms with E-state index in [2.05, 4.69) is 35.8 Å². The van der Waals surface area contributed by atoms with Gasteiger partial charge in [0.1, 0.15) is 0 Å². The summed E-state index contributed by atoms with van der Waals surface area (Å²) in [6, 6.07) is 0.786. The lowest BCUT2D eigenvalue weighted by Gasteiger charge is -2.39. The van der Waals surface area contributed by atoms with Crippen LogP contribution in [-0.2, 0) is 0 Å². The summed E-state index contributed by atoms with van der Waals surface area (Å²) in [6.45, 7) is 9.85. The van der Waals surface area contributed by atoms with E-state index >= 15 is 0 Å². The minimum Gasteiger partial charge on any atom is -0.314 e. The Labute approximate surface area is 136 Å². The largest absolute Gasteiger partial charge is 0.314 e. The first-order chi connectivity index (χ1) is 10.3. The van der Waals surface area contributed by atoms with Crippen LogP contribution in [0.15, 0.2) is 0 Å². The predicted molar refractivity (Wildman–Crippen MR) is 96.2 cm³/mol. The smallest absolute Gasteiger partial charge is 0.0108 e. The lowest BCUT2D eigenvalue weighted by atomic mass is 9.76. The maximum Gasteiger partial charge on any atom is 0.0108 e. The fourth-order valence-electron chi connectivity index (χ4n) is 4.14. The molecule has 1 aliphatic carbocycles. The number of nitrogens with one attached hydrogen (secondary N) is 1. The van der Waals surface area contributed by atoms with Gasteiger partial charge in [0.2, 0.25) is 0 Å². The van der Waals surface area contributed by atoms with E-state index in [0.717, 1.165) is 17.9 Å². The summed E-state index contributed by atoms with van der Waals surface area (Å²) in [4.78, 5) is 2.76. The van der Waals surface area contributed by atoms with Crippen LogP contribution in [0.1, 0.15) is 58.8 Å². The molecule has 2 nitrogen and oxygen atoms in total. The van der Waals surface area contributed by atoms with E-state index in [1.807, 2.05) is 0 Å². The molecule has 0 amide bonds. The van der Waals surface area contributed by atoms with Crippen LogP contribution >= 0.6 is 11.8 Å². The van der Waals surface area contributed by atoms with E-state index in [4.69, 9.17) is 0 Å². The molecule has 1 N–H and O–H groups in total. The van der Waals surface area contributed by atoms with Gasteiger partial charge < -0.3 is 10.2 Å². The van der Waals surface area contributed by atoms with Gasteiger partial charge in [-0.25, -0.2) is 0 Å². The highest BCUT2D eigenvalue weighted by molar-refractivity contribution is 7.99. The fourth-order valence-corrected chi connectivity index (χ4v) is 5.07. The Morgan fingerprint density at radius 3 is 2.81 bits per heavy atom. The lowest BCUT2D eigenvalue weighted by Crippen LogP contribution is -2.46. The van der Waals surface area contributed by atoms with E-state index in [-0.39, 0.29) is 0 Å². The molecule has 0 radical (unpaired) electrons. The Balaban J connectivity index is 1.87. The molecule has 1 saturated heterocycles. The Morgan fingerprint density at radius 1 is 1.10 bits per heavy atom. The zero-order chi connectivity index (χ0) is 14.9. The average Bonchev–Trinajstić information content (AvgIpc) is 2.75. The van der Waals surface area contributed by atoms with Crippen molar-refractivity contribution < 1.29 is 0 Å². The summed E-state index contributed by atoms with van der Waals surface area (Å²) in [5.41, 5.74) is 0. The maximum atomic E-state index is 3.86. The molecule has 0 aromatic rings. The monoisotopic (exact) mass is 312 g/mol. The molecular weight excluding hydrogens is 276 g/mol. The Kier molecular flexibility index (Phi) is 8.49. The second-order valence-corrected chi connectivity index (χ2v) is 8.28. The maximum absolute atomic E-state index is 3.86. The van der Waals surface area contributed by atoms with Crippen LogP contribution in [0.3, 0.4) is 0 Å². The molecule has 2 aliphatic rings. The van der Waals surface area contributed by atoms with Crippen molar-refractivity contribution in [1.29, 1.82) is 0 Å². The van der Waals surface area contributed by atoms with Gasteiger partial charge in [-0.2, -0.15) is 11.8 Å². The molecule has 3 atom stereocenters. The number of hydrogen-bond acceptors (Lipinski definition) is 3. The van der Waals surface area contributed by atoms with Gasteiger partial charge in [0, 0.05) is 24.9 Å². The van der Waals surface area contributed by atoms with Gasteiger partial charge in [-0.3, -0.25) is 0 Å². The molecule has 3 heteroatoms. The van der Waals surface area contributed by atoms with Crippen molar-refractivity contribution in [3.05, 3.63) is 0 Å². The van der Waals surface area contributed by atoms with Gasteiger partial charge in [-0.05, 0) is 62.8 Å². The van der Waals surface area contributed by atoms with Crippen molar-refractivity contribution in [1.82, 2.24) is 10.2 Å². The molecule has 1 aliphatic heterocycles. The van der Waals surface area contributed by atoms with Crippen molar-refractivity contribution in [2.75, 3.05) is 37.7 Å². The van der Waals surface area contributed by atoms with Crippen molar-refractivity contribution in [3.63, 3.8) is 0 Å². The molecule has 1 heterocycles. The highest BCUT2D eigenvalue weighted by atomic mass is 32.2. The summed E-state index contributed by atoms with van der Waals surface area (Å²) in [6.07, 6.45) is 9.82. The summed E-state index contributed by atoms with van der Waals surface area (Å²) >= 11 is 2.15. The topological polar surface area (TPSA) is 15.3 Å². The molecule has 0 aromatic carbocycles. The minimum atomic E-state index is 0.786. The van der Waals surface area contributed by atoms with Crippen LogP contribution in [0.4, 0.5) is 0 Å². The normalized spacial score (nSPS) is 32.0. The molecule has 1 saturated carbocycles. The molecule has 124 valence electrons. The van der Waals surface area contributed by atoms with Crippen LogP contribution < -0.4 is 5.32 Å². The zero-order valence-electron chi connectivity index (χ0n) is 14.3. The van der Waals surface area contributed by atoms with Crippen LogP contribution in [0, 0.1) is 11.8 Å². The zero-order valence-corrected chi connectivity index (χ0v) is 15.1. The number of hydrogen-bond donors (Lipinski definition) is 1. The summed E-state index contributed by atoms with van der Waals surface area (Å²) < 4.78 is 0. The van der Waals surface area contributed by atoms with Crippen LogP contribution in [0.5, 0.6) is 0 Å². The first-order valence-electron chi connectivity index (χ1n) is 9.37. The highest BCUT2D eigenvalue weighted by Crippen LogP contribution is 2.33. The van der Waals surface area contributed by atoms with Gasteiger partial charge in [0.25, 0.3) is 0 Å². The molecule has 0 spiro atoms. The third kappa shape index (κ3) is 6.11. The van der Waals surface area contributed by atoms with Gasteiger partial charge in [0.05, 0.1) is 0 Å². The first-order valence-corrected chi connectivity index (χ1v) is 10.5. The predicted octanol–water partition coefficient (Wildman–Crippen LogP) is 4.01. The standard InChI is InChI=1S/C18H36N2S/c1-3-6-16-7-8-18(19-9-4-2)17(14-16)15-20-10-5-12-21-13-11-20/h16-19H,3-15H2,1-2H3. The third-order valence-corrected chi connectivity index (χ3v) is 6.30. The van der Waals surface area contributed by atoms with E-state index in [9.17, 15) is 0 Å². The summed E-state index contributed by atoms with van der Waals surface area (Å²) in [7, 11) is 0. The molecule has 3 unspecified atom stereocenters. The third-order valence-electron chi connectivity index (χ3n) is 5.25. The second-order valence-electron chi connectivity index (χ2n) is 7.05. The van der Waals surface area contributed by atoms with Gasteiger partial charge in [-0.15, -0.1) is 0 Å². The number of nitrogens with zero attached hydrogens (tertiary/aromatic N) is 1. The Hall–Kier alpha value is 0.270. The average molecular weight is 313 g/mol. The molecule has 2 rings (SSSR count). The number of rotatable bonds is 7. The SMILES string of the molecule is CCCNC1CCC(CCC)CC1CN1CCCSCC1. The molecule has 2 fully saturated rings. The van der Waals surface area contributed by atoms with Gasteiger partial charge in [-0.1, -0.05) is 26.7 Å². The summed E-state index contributed by atoms with van der Waals surface area (Å²) in [5, 5.41) is 3.86. The number of thioether (sulfide) groups is 1. The van der Waals surface area contributed by atoms with Crippen molar-refractivity contribution >= 4 is 11.8 Å². The van der Waals surface area contributed by atoms with E-state index in [1.54, 1.807) is 0 Å². The summed E-state index contributed by atoms with van der Waals surface area (Å²) in [5.74, 6) is 4.61. The van der Waals surface area contributed by atoms with E-state index in [0.29, 0.717) is 0 Å². The quantitative estimate of drug-likeness (QED) is 0.764. The van der Waals surface area contributed by atoms with E-state index < -0.39 is 0 Å². The fraction of sp³-hybridized carbons (Fsp3) is 1.00.